The molecule has 0 N–H and O–H groups in total. The molecule has 0 aromatic heterocycles. The highest BCUT2D eigenvalue weighted by atomic mass is 16.5. The molecule has 1 rings (SSSR count). The van der Waals surface area contributed by atoms with Gasteiger partial charge in [-0.15, -0.1) is 0 Å². The molecule has 0 heterocycles. The Bertz CT molecular complexity index is 452. The summed E-state index contributed by atoms with van der Waals surface area (Å²) >= 11 is 0. The number of carbonyl (C=O) groups excluding carboxylic acids is 1. The van der Waals surface area contributed by atoms with E-state index in [1.807, 2.05) is 25.1 Å². The maximum absolute atomic E-state index is 12.4. The Morgan fingerprint density at radius 1 is 1.10 bits per heavy atom. The molecule has 0 radical (unpaired) electrons. The Morgan fingerprint density at radius 2 is 1.71 bits per heavy atom. The third kappa shape index (κ3) is 4.23. The molecule has 3 heteroatoms. The molecule has 118 valence electrons. The van der Waals surface area contributed by atoms with Gasteiger partial charge in [-0.05, 0) is 30.4 Å². The van der Waals surface area contributed by atoms with Gasteiger partial charge in [0, 0.05) is 5.92 Å². The molecule has 0 bridgehead atoms. The number of rotatable bonds is 7. The third-order valence-electron chi connectivity index (χ3n) is 3.88. The van der Waals surface area contributed by atoms with Crippen LogP contribution in [0.15, 0.2) is 24.3 Å². The van der Waals surface area contributed by atoms with Crippen LogP contribution in [0, 0.1) is 17.8 Å². The van der Waals surface area contributed by atoms with Crippen molar-refractivity contribution in [2.24, 2.45) is 17.8 Å². The number of hydrogen-bond acceptors (Lipinski definition) is 3. The normalized spacial score (nSPS) is 14.1. The maximum Gasteiger partial charge on any atom is 0.309 e. The van der Waals surface area contributed by atoms with Crippen LogP contribution in [0.2, 0.25) is 0 Å². The minimum Gasteiger partial charge on any atom is -0.496 e. The van der Waals surface area contributed by atoms with Gasteiger partial charge in [0.2, 0.25) is 0 Å². The number of esters is 1. The van der Waals surface area contributed by atoms with Crippen LogP contribution in [0.1, 0.15) is 46.1 Å². The van der Waals surface area contributed by atoms with E-state index in [-0.39, 0.29) is 23.7 Å². The quantitative estimate of drug-likeness (QED) is 0.704. The van der Waals surface area contributed by atoms with E-state index in [0.717, 1.165) is 11.3 Å². The predicted octanol–water partition coefficient (Wildman–Crippen LogP) is 4.27. The van der Waals surface area contributed by atoms with E-state index in [1.54, 1.807) is 7.11 Å². The van der Waals surface area contributed by atoms with E-state index in [0.29, 0.717) is 12.5 Å². The Morgan fingerprint density at radius 3 is 2.19 bits per heavy atom. The monoisotopic (exact) mass is 292 g/mol. The van der Waals surface area contributed by atoms with Gasteiger partial charge in [-0.2, -0.15) is 0 Å². The largest absolute Gasteiger partial charge is 0.496 e. The Kier molecular flexibility index (Phi) is 6.73. The van der Waals surface area contributed by atoms with Gasteiger partial charge >= 0.3 is 5.97 Å². The van der Waals surface area contributed by atoms with Crippen molar-refractivity contribution in [3.63, 3.8) is 0 Å². The number of methoxy groups -OCH3 is 1. The van der Waals surface area contributed by atoms with Gasteiger partial charge in [0.25, 0.3) is 0 Å². The summed E-state index contributed by atoms with van der Waals surface area (Å²) in [5, 5.41) is 0. The summed E-state index contributed by atoms with van der Waals surface area (Å²) in [4.78, 5) is 12.4. The van der Waals surface area contributed by atoms with Crippen molar-refractivity contribution in [1.82, 2.24) is 0 Å². The molecule has 2 atom stereocenters. The van der Waals surface area contributed by atoms with E-state index >= 15 is 0 Å². The molecule has 0 fully saturated rings. The zero-order chi connectivity index (χ0) is 16.0. The summed E-state index contributed by atoms with van der Waals surface area (Å²) < 4.78 is 10.8. The molecule has 1 aromatic carbocycles. The minimum atomic E-state index is -0.166. The van der Waals surface area contributed by atoms with Crippen molar-refractivity contribution < 1.29 is 14.3 Å². The molecule has 0 aliphatic heterocycles. The predicted molar refractivity (Wildman–Crippen MR) is 85.5 cm³/mol. The second-order valence-electron chi connectivity index (χ2n) is 6.03. The molecule has 3 nitrogen and oxygen atoms in total. The Hall–Kier alpha value is -1.51. The molecule has 2 unspecified atom stereocenters. The topological polar surface area (TPSA) is 35.5 Å². The number of carbonyl (C=O) groups is 1. The molecule has 0 amide bonds. The first kappa shape index (κ1) is 17.5. The zero-order valence-corrected chi connectivity index (χ0v) is 14.1. The second kappa shape index (κ2) is 8.06. The van der Waals surface area contributed by atoms with Crippen LogP contribution in [0.25, 0.3) is 0 Å². The lowest BCUT2D eigenvalue weighted by Gasteiger charge is -2.32. The van der Waals surface area contributed by atoms with Crippen molar-refractivity contribution in [3.8, 4) is 5.75 Å². The van der Waals surface area contributed by atoms with Crippen molar-refractivity contribution >= 4 is 5.97 Å². The van der Waals surface area contributed by atoms with E-state index < -0.39 is 0 Å². The van der Waals surface area contributed by atoms with Crippen LogP contribution < -0.4 is 4.74 Å². The van der Waals surface area contributed by atoms with Gasteiger partial charge in [0.1, 0.15) is 5.75 Å². The molecule has 1 aromatic rings. The number of benzene rings is 1. The number of para-hydroxylation sites is 1. The van der Waals surface area contributed by atoms with Crippen LogP contribution in [0.4, 0.5) is 0 Å². The lowest BCUT2D eigenvalue weighted by atomic mass is 9.73. The standard InChI is InChI=1S/C18H28O3/c1-7-21-18(19)17(13(4)5)16(12(2)3)14-10-8-9-11-15(14)20-6/h8-13,16-17H,7H2,1-6H3. The van der Waals surface area contributed by atoms with Gasteiger partial charge in [0.15, 0.2) is 0 Å². The molecular formula is C18H28O3. The average molecular weight is 292 g/mol. The van der Waals surface area contributed by atoms with E-state index in [4.69, 9.17) is 9.47 Å². The molecule has 0 spiro atoms. The summed E-state index contributed by atoms with van der Waals surface area (Å²) in [5.74, 6) is 1.17. The fraction of sp³-hybridized carbons (Fsp3) is 0.611. The molecule has 0 aliphatic rings. The Balaban J connectivity index is 3.28. The van der Waals surface area contributed by atoms with Gasteiger partial charge in [-0.3, -0.25) is 4.79 Å². The van der Waals surface area contributed by atoms with Crippen molar-refractivity contribution in [1.29, 1.82) is 0 Å². The smallest absolute Gasteiger partial charge is 0.309 e. The van der Waals surface area contributed by atoms with Crippen LogP contribution in [-0.4, -0.2) is 19.7 Å². The number of ether oxygens (including phenoxy) is 2. The van der Waals surface area contributed by atoms with Crippen molar-refractivity contribution in [3.05, 3.63) is 29.8 Å². The van der Waals surface area contributed by atoms with Crippen LogP contribution in [0.5, 0.6) is 5.75 Å². The van der Waals surface area contributed by atoms with Gasteiger partial charge in [-0.25, -0.2) is 0 Å². The molecule has 0 saturated carbocycles. The fourth-order valence-corrected chi connectivity index (χ4v) is 2.98. The summed E-state index contributed by atoms with van der Waals surface area (Å²) in [6, 6.07) is 7.95. The van der Waals surface area contributed by atoms with E-state index in [2.05, 4.69) is 33.8 Å². The molecular weight excluding hydrogens is 264 g/mol. The summed E-state index contributed by atoms with van der Waals surface area (Å²) in [5.41, 5.74) is 1.08. The third-order valence-corrected chi connectivity index (χ3v) is 3.88. The lowest BCUT2D eigenvalue weighted by molar-refractivity contribution is -0.151. The Labute approximate surface area is 128 Å². The van der Waals surface area contributed by atoms with E-state index in [1.165, 1.54) is 0 Å². The first-order valence-electron chi connectivity index (χ1n) is 7.73. The summed E-state index contributed by atoms with van der Waals surface area (Å²) in [6.45, 7) is 10.7. The van der Waals surface area contributed by atoms with Crippen LogP contribution >= 0.6 is 0 Å². The SMILES string of the molecule is CCOC(=O)C(C(C)C)C(c1ccccc1OC)C(C)C. The van der Waals surface area contributed by atoms with Gasteiger partial charge < -0.3 is 9.47 Å². The highest BCUT2D eigenvalue weighted by Gasteiger charge is 2.36. The first-order chi connectivity index (χ1) is 9.93. The second-order valence-corrected chi connectivity index (χ2v) is 6.03. The number of hydrogen-bond donors (Lipinski definition) is 0. The first-order valence-corrected chi connectivity index (χ1v) is 7.73. The molecule has 0 saturated heterocycles. The van der Waals surface area contributed by atoms with Crippen molar-refractivity contribution in [2.45, 2.75) is 40.5 Å². The van der Waals surface area contributed by atoms with Gasteiger partial charge in [0.05, 0.1) is 19.6 Å². The van der Waals surface area contributed by atoms with Crippen LogP contribution in [0.3, 0.4) is 0 Å². The average Bonchev–Trinajstić information content (AvgIpc) is 2.43. The lowest BCUT2D eigenvalue weighted by Crippen LogP contribution is -2.32. The fourth-order valence-electron chi connectivity index (χ4n) is 2.98. The van der Waals surface area contributed by atoms with Crippen LogP contribution in [-0.2, 0) is 9.53 Å². The minimum absolute atomic E-state index is 0.0835. The summed E-state index contributed by atoms with van der Waals surface area (Å²) in [7, 11) is 1.67. The maximum atomic E-state index is 12.4. The van der Waals surface area contributed by atoms with Crippen molar-refractivity contribution in [2.75, 3.05) is 13.7 Å². The zero-order valence-electron chi connectivity index (χ0n) is 14.1. The molecule has 21 heavy (non-hydrogen) atoms. The summed E-state index contributed by atoms with van der Waals surface area (Å²) in [6.07, 6.45) is 0. The van der Waals surface area contributed by atoms with Gasteiger partial charge in [-0.1, -0.05) is 45.9 Å². The highest BCUT2D eigenvalue weighted by molar-refractivity contribution is 5.74. The highest BCUT2D eigenvalue weighted by Crippen LogP contribution is 2.41. The van der Waals surface area contributed by atoms with E-state index in [9.17, 15) is 4.79 Å². The molecule has 0 aliphatic carbocycles.